The Morgan fingerprint density at radius 3 is 2.29 bits per heavy atom. The number of aromatic nitrogens is 2. The van der Waals surface area contributed by atoms with Crippen LogP contribution in [-0.2, 0) is 0 Å². The van der Waals surface area contributed by atoms with Crippen molar-refractivity contribution >= 4 is 33.5 Å². The summed E-state index contributed by atoms with van der Waals surface area (Å²) in [6.07, 6.45) is 0. The summed E-state index contributed by atoms with van der Waals surface area (Å²) in [7, 11) is 0. The Labute approximate surface area is 154 Å². The van der Waals surface area contributed by atoms with Crippen molar-refractivity contribution in [2.75, 3.05) is 0 Å². The van der Waals surface area contributed by atoms with Gasteiger partial charge in [0.2, 0.25) is 0 Å². The zero-order chi connectivity index (χ0) is 16.5. The lowest BCUT2D eigenvalue weighted by Crippen LogP contribution is -1.95. The van der Waals surface area contributed by atoms with E-state index in [0.29, 0.717) is 0 Å². The Morgan fingerprint density at radius 2 is 1.50 bits per heavy atom. The summed E-state index contributed by atoms with van der Waals surface area (Å²) >= 11 is 2.36. The molecule has 0 aliphatic carbocycles. The molecule has 0 aliphatic heterocycles. The molecule has 0 radical (unpaired) electrons. The summed E-state index contributed by atoms with van der Waals surface area (Å²) in [5.41, 5.74) is 5.37. The normalized spacial score (nSPS) is 10.9. The molecule has 0 bridgehead atoms. The van der Waals surface area contributed by atoms with Crippen molar-refractivity contribution in [3.63, 3.8) is 0 Å². The minimum atomic E-state index is 0.769. The highest BCUT2D eigenvalue weighted by Gasteiger charge is 2.11. The second-order valence-electron chi connectivity index (χ2n) is 5.74. The van der Waals surface area contributed by atoms with Gasteiger partial charge in [-0.25, -0.2) is 9.97 Å². The van der Waals surface area contributed by atoms with Crippen molar-refractivity contribution in [1.29, 1.82) is 0 Å². The van der Waals surface area contributed by atoms with Crippen LogP contribution < -0.4 is 0 Å². The number of benzene rings is 3. The van der Waals surface area contributed by atoms with E-state index in [-0.39, 0.29) is 0 Å². The van der Waals surface area contributed by atoms with Crippen LogP contribution in [0.25, 0.3) is 33.5 Å². The van der Waals surface area contributed by atoms with Gasteiger partial charge in [0.05, 0.1) is 11.2 Å². The molecule has 0 unspecified atom stereocenters. The van der Waals surface area contributed by atoms with Crippen molar-refractivity contribution in [2.24, 2.45) is 0 Å². The first-order chi connectivity index (χ1) is 11.7. The van der Waals surface area contributed by atoms with E-state index in [0.717, 1.165) is 33.5 Å². The van der Waals surface area contributed by atoms with Gasteiger partial charge in [0, 0.05) is 20.1 Å². The van der Waals surface area contributed by atoms with Gasteiger partial charge < -0.3 is 0 Å². The summed E-state index contributed by atoms with van der Waals surface area (Å²) in [5.74, 6) is 0.769. The standard InChI is InChI=1S/C21H15IN2/c1-14-11-12-16(13-18(14)22)21-23-19-10-6-5-9-17(19)20(24-21)15-7-3-2-4-8-15/h2-13H,1H3. The van der Waals surface area contributed by atoms with Crippen molar-refractivity contribution in [1.82, 2.24) is 9.97 Å². The smallest absolute Gasteiger partial charge is 0.160 e. The molecule has 116 valence electrons. The van der Waals surface area contributed by atoms with Crippen LogP contribution in [0.4, 0.5) is 0 Å². The Bertz CT molecular complexity index is 1030. The molecule has 0 saturated heterocycles. The molecule has 0 fully saturated rings. The van der Waals surface area contributed by atoms with Gasteiger partial charge in [0.15, 0.2) is 5.82 Å². The van der Waals surface area contributed by atoms with Gasteiger partial charge in [-0.15, -0.1) is 0 Å². The van der Waals surface area contributed by atoms with Crippen LogP contribution in [0.15, 0.2) is 72.8 Å². The number of rotatable bonds is 2. The van der Waals surface area contributed by atoms with Crippen LogP contribution in [0.5, 0.6) is 0 Å². The van der Waals surface area contributed by atoms with Crippen LogP contribution in [-0.4, -0.2) is 9.97 Å². The lowest BCUT2D eigenvalue weighted by molar-refractivity contribution is 1.22. The molecule has 0 atom stereocenters. The third-order valence-corrected chi connectivity index (χ3v) is 5.24. The molecule has 2 nitrogen and oxygen atoms in total. The van der Waals surface area contributed by atoms with E-state index in [1.807, 2.05) is 36.4 Å². The van der Waals surface area contributed by atoms with Crippen molar-refractivity contribution in [3.8, 4) is 22.6 Å². The SMILES string of the molecule is Cc1ccc(-c2nc(-c3ccccc3)c3ccccc3n2)cc1I. The topological polar surface area (TPSA) is 25.8 Å². The molecule has 3 aromatic carbocycles. The Kier molecular flexibility index (Phi) is 4.02. The van der Waals surface area contributed by atoms with Crippen molar-refractivity contribution < 1.29 is 0 Å². The predicted octanol–water partition coefficient (Wildman–Crippen LogP) is 5.88. The van der Waals surface area contributed by atoms with Crippen LogP contribution >= 0.6 is 22.6 Å². The molecule has 0 saturated carbocycles. The quantitative estimate of drug-likeness (QED) is 0.377. The number of para-hydroxylation sites is 1. The summed E-state index contributed by atoms with van der Waals surface area (Å²) < 4.78 is 1.23. The average molecular weight is 422 g/mol. The maximum atomic E-state index is 4.90. The van der Waals surface area contributed by atoms with Gasteiger partial charge in [-0.05, 0) is 47.2 Å². The van der Waals surface area contributed by atoms with E-state index in [4.69, 9.17) is 9.97 Å². The minimum Gasteiger partial charge on any atom is -0.228 e. The molecular formula is C21H15IN2. The molecule has 1 aromatic heterocycles. The third-order valence-electron chi connectivity index (χ3n) is 4.08. The maximum absolute atomic E-state index is 4.90. The molecule has 0 amide bonds. The molecule has 4 rings (SSSR count). The van der Waals surface area contributed by atoms with Crippen LogP contribution in [0.2, 0.25) is 0 Å². The van der Waals surface area contributed by atoms with E-state index in [1.54, 1.807) is 0 Å². The number of hydrogen-bond donors (Lipinski definition) is 0. The van der Waals surface area contributed by atoms with Gasteiger partial charge in [-0.1, -0.05) is 60.7 Å². The Morgan fingerprint density at radius 1 is 0.750 bits per heavy atom. The molecule has 0 aliphatic rings. The van der Waals surface area contributed by atoms with E-state index in [2.05, 4.69) is 65.9 Å². The maximum Gasteiger partial charge on any atom is 0.160 e. The van der Waals surface area contributed by atoms with Gasteiger partial charge in [-0.2, -0.15) is 0 Å². The molecule has 1 heterocycles. The highest BCUT2D eigenvalue weighted by molar-refractivity contribution is 14.1. The van der Waals surface area contributed by atoms with Gasteiger partial charge >= 0.3 is 0 Å². The molecule has 4 aromatic rings. The number of halogens is 1. The zero-order valence-electron chi connectivity index (χ0n) is 13.2. The van der Waals surface area contributed by atoms with E-state index in [1.165, 1.54) is 9.13 Å². The van der Waals surface area contributed by atoms with Crippen LogP contribution in [0, 0.1) is 10.5 Å². The summed E-state index contributed by atoms with van der Waals surface area (Å²) in [5, 5.41) is 1.08. The fraction of sp³-hybridized carbons (Fsp3) is 0.0476. The highest BCUT2D eigenvalue weighted by Crippen LogP contribution is 2.29. The first kappa shape index (κ1) is 15.3. The number of fused-ring (bicyclic) bond motifs is 1. The van der Waals surface area contributed by atoms with Crippen molar-refractivity contribution in [2.45, 2.75) is 6.92 Å². The molecular weight excluding hydrogens is 407 g/mol. The van der Waals surface area contributed by atoms with Crippen molar-refractivity contribution in [3.05, 3.63) is 81.9 Å². The highest BCUT2D eigenvalue weighted by atomic mass is 127. The minimum absolute atomic E-state index is 0.769. The zero-order valence-corrected chi connectivity index (χ0v) is 15.4. The number of hydrogen-bond acceptors (Lipinski definition) is 2. The first-order valence-electron chi connectivity index (χ1n) is 7.81. The second kappa shape index (κ2) is 6.32. The lowest BCUT2D eigenvalue weighted by Gasteiger charge is -2.10. The third kappa shape index (κ3) is 2.80. The summed E-state index contributed by atoms with van der Waals surface area (Å²) in [6, 6.07) is 24.8. The fourth-order valence-electron chi connectivity index (χ4n) is 2.75. The Balaban J connectivity index is 1.99. The molecule has 3 heteroatoms. The average Bonchev–Trinajstić information content (AvgIpc) is 2.64. The number of nitrogens with zero attached hydrogens (tertiary/aromatic N) is 2. The predicted molar refractivity (Wildman–Crippen MR) is 108 cm³/mol. The summed E-state index contributed by atoms with van der Waals surface area (Å²) in [6.45, 7) is 2.11. The monoisotopic (exact) mass is 422 g/mol. The summed E-state index contributed by atoms with van der Waals surface area (Å²) in [4.78, 5) is 9.69. The van der Waals surface area contributed by atoms with Crippen LogP contribution in [0.1, 0.15) is 5.56 Å². The van der Waals surface area contributed by atoms with E-state index < -0.39 is 0 Å². The fourth-order valence-corrected chi connectivity index (χ4v) is 3.27. The van der Waals surface area contributed by atoms with E-state index in [9.17, 15) is 0 Å². The van der Waals surface area contributed by atoms with Gasteiger partial charge in [-0.3, -0.25) is 0 Å². The Hall–Kier alpha value is -2.27. The largest absolute Gasteiger partial charge is 0.228 e. The molecule has 0 spiro atoms. The van der Waals surface area contributed by atoms with E-state index >= 15 is 0 Å². The molecule has 0 N–H and O–H groups in total. The lowest BCUT2D eigenvalue weighted by atomic mass is 10.1. The van der Waals surface area contributed by atoms with Gasteiger partial charge in [0.25, 0.3) is 0 Å². The first-order valence-corrected chi connectivity index (χ1v) is 8.89. The van der Waals surface area contributed by atoms with Gasteiger partial charge in [0.1, 0.15) is 0 Å². The second-order valence-corrected chi connectivity index (χ2v) is 6.91. The molecule has 24 heavy (non-hydrogen) atoms. The number of aryl methyl sites for hydroxylation is 1. The van der Waals surface area contributed by atoms with Crippen LogP contribution in [0.3, 0.4) is 0 Å².